The molecule has 5 heterocycles. The molecule has 0 aliphatic carbocycles. The first-order chi connectivity index (χ1) is 20.4. The van der Waals surface area contributed by atoms with Gasteiger partial charge in [0.25, 0.3) is 5.91 Å². The van der Waals surface area contributed by atoms with Gasteiger partial charge in [-0.05, 0) is 81.0 Å². The molecule has 3 aliphatic rings. The summed E-state index contributed by atoms with van der Waals surface area (Å²) in [5.41, 5.74) is 2.63. The smallest absolute Gasteiger partial charge is 0.276 e. The fourth-order valence-electron chi connectivity index (χ4n) is 5.74. The molecule has 0 spiro atoms. The quantitative estimate of drug-likeness (QED) is 0.357. The van der Waals surface area contributed by atoms with Crippen molar-refractivity contribution in [3.05, 3.63) is 60.0 Å². The van der Waals surface area contributed by atoms with E-state index in [1.54, 1.807) is 35.5 Å². The van der Waals surface area contributed by atoms with E-state index in [0.717, 1.165) is 61.9 Å². The zero-order valence-corrected chi connectivity index (χ0v) is 23.7. The highest BCUT2D eigenvalue weighted by molar-refractivity contribution is 6.10. The zero-order chi connectivity index (χ0) is 29.1. The van der Waals surface area contributed by atoms with Gasteiger partial charge in [0.15, 0.2) is 0 Å². The van der Waals surface area contributed by atoms with Crippen molar-refractivity contribution in [3.8, 4) is 5.75 Å². The lowest BCUT2D eigenvalue weighted by molar-refractivity contribution is -0.140. The molecular formula is C31H35N7O4. The van der Waals surface area contributed by atoms with Crippen molar-refractivity contribution >= 4 is 40.3 Å². The van der Waals surface area contributed by atoms with Gasteiger partial charge in [0, 0.05) is 49.5 Å². The van der Waals surface area contributed by atoms with Crippen molar-refractivity contribution in [1.82, 2.24) is 25.1 Å². The third-order valence-corrected chi connectivity index (χ3v) is 7.93. The maximum absolute atomic E-state index is 13.6. The molecule has 1 aromatic carbocycles. The number of benzene rings is 1. The molecule has 11 heteroatoms. The van der Waals surface area contributed by atoms with E-state index >= 15 is 0 Å². The van der Waals surface area contributed by atoms with Crippen LogP contribution in [0.1, 0.15) is 55.1 Å². The first-order valence-electron chi connectivity index (χ1n) is 14.7. The van der Waals surface area contributed by atoms with Gasteiger partial charge in [0.2, 0.25) is 17.8 Å². The molecule has 3 aromatic rings. The Hall–Kier alpha value is -4.54. The lowest BCUT2D eigenvalue weighted by Crippen LogP contribution is -2.45. The van der Waals surface area contributed by atoms with Gasteiger partial charge in [0.05, 0.1) is 12.1 Å². The number of hydrogen-bond donors (Lipinski definition) is 2. The number of likely N-dealkylation sites (tertiary alicyclic amines) is 2. The predicted octanol–water partition coefficient (Wildman–Crippen LogP) is 3.15. The second-order valence-electron chi connectivity index (χ2n) is 11.1. The van der Waals surface area contributed by atoms with Gasteiger partial charge in [-0.2, -0.15) is 0 Å². The molecule has 0 saturated carbocycles. The van der Waals surface area contributed by atoms with Crippen LogP contribution in [0.5, 0.6) is 5.75 Å². The number of aliphatic imine (C=N–C) groups is 1. The standard InChI is InChI=1S/C31H35N7O4/c1-20-16-22-17-23(8-10-27(22)42-20)33-31(36-29(40)25-9-7-21-18-32-12-11-24(21)34-25)35-26-6-2-3-15-38(30(26)41)19-28(39)37-13-4-5-14-37/h7-12,17-18,20,26H,2-6,13-16,19H2,1H3,(H2,33,35,36,40). The SMILES string of the molecule is CC1Cc2cc(NC(=NC3CCCCN(CC(=O)N4CCCC4)C3=O)NC(=O)c3ccc4cnccc4n3)ccc2O1. The molecule has 2 unspecified atom stereocenters. The number of carbonyl (C=O) groups is 3. The number of nitrogens with zero attached hydrogens (tertiary/aromatic N) is 5. The van der Waals surface area contributed by atoms with Crippen molar-refractivity contribution in [1.29, 1.82) is 0 Å². The number of nitrogens with one attached hydrogen (secondary N) is 2. The molecule has 2 fully saturated rings. The monoisotopic (exact) mass is 569 g/mol. The summed E-state index contributed by atoms with van der Waals surface area (Å²) in [4.78, 5) is 56.7. The van der Waals surface area contributed by atoms with Crippen LogP contribution in [0.2, 0.25) is 0 Å². The Morgan fingerprint density at radius 1 is 1.07 bits per heavy atom. The summed E-state index contributed by atoms with van der Waals surface area (Å²) in [6.45, 7) is 4.07. The highest BCUT2D eigenvalue weighted by Crippen LogP contribution is 2.31. The number of carbonyl (C=O) groups excluding carboxylic acids is 3. The van der Waals surface area contributed by atoms with Crippen LogP contribution >= 0.6 is 0 Å². The van der Waals surface area contributed by atoms with Gasteiger partial charge in [0.1, 0.15) is 23.6 Å². The topological polar surface area (TPSA) is 129 Å². The molecule has 3 amide bonds. The lowest BCUT2D eigenvalue weighted by Gasteiger charge is -2.25. The van der Waals surface area contributed by atoms with Crippen LogP contribution < -0.4 is 15.4 Å². The number of pyridine rings is 2. The van der Waals surface area contributed by atoms with Gasteiger partial charge < -0.3 is 19.9 Å². The molecule has 0 bridgehead atoms. The van der Waals surface area contributed by atoms with Gasteiger partial charge in [-0.25, -0.2) is 9.98 Å². The van der Waals surface area contributed by atoms with Crippen LogP contribution in [-0.2, 0) is 16.0 Å². The third-order valence-electron chi connectivity index (χ3n) is 7.93. The van der Waals surface area contributed by atoms with E-state index in [0.29, 0.717) is 24.2 Å². The van der Waals surface area contributed by atoms with Crippen LogP contribution in [0, 0.1) is 0 Å². The normalized spacial score (nSPS) is 20.7. The Kier molecular flexibility index (Phi) is 7.98. The summed E-state index contributed by atoms with van der Waals surface area (Å²) in [7, 11) is 0. The molecule has 6 rings (SSSR count). The van der Waals surface area contributed by atoms with Gasteiger partial charge in [-0.3, -0.25) is 24.7 Å². The first-order valence-corrected chi connectivity index (χ1v) is 14.7. The summed E-state index contributed by atoms with van der Waals surface area (Å²) in [6, 6.07) is 10.1. The van der Waals surface area contributed by atoms with E-state index in [1.165, 1.54) is 0 Å². The largest absolute Gasteiger partial charge is 0.490 e. The van der Waals surface area contributed by atoms with E-state index in [-0.39, 0.29) is 36.1 Å². The highest BCUT2D eigenvalue weighted by atomic mass is 16.5. The van der Waals surface area contributed by atoms with Crippen LogP contribution in [0.4, 0.5) is 5.69 Å². The van der Waals surface area contributed by atoms with Crippen molar-refractivity contribution < 1.29 is 19.1 Å². The minimum Gasteiger partial charge on any atom is -0.490 e. The van der Waals surface area contributed by atoms with E-state index < -0.39 is 11.9 Å². The molecule has 2 aromatic heterocycles. The van der Waals surface area contributed by atoms with E-state index in [9.17, 15) is 14.4 Å². The van der Waals surface area contributed by atoms with Gasteiger partial charge in [-0.15, -0.1) is 0 Å². The average Bonchev–Trinajstić information content (AvgIpc) is 3.63. The molecule has 3 aliphatic heterocycles. The third kappa shape index (κ3) is 6.19. The summed E-state index contributed by atoms with van der Waals surface area (Å²) < 4.78 is 5.83. The van der Waals surface area contributed by atoms with E-state index in [1.807, 2.05) is 30.0 Å². The minimum atomic E-state index is -0.741. The molecule has 2 N–H and O–H groups in total. The number of aromatic nitrogens is 2. The van der Waals surface area contributed by atoms with Gasteiger partial charge >= 0.3 is 0 Å². The predicted molar refractivity (Wildman–Crippen MR) is 158 cm³/mol. The van der Waals surface area contributed by atoms with Crippen molar-refractivity contribution in [2.24, 2.45) is 4.99 Å². The summed E-state index contributed by atoms with van der Waals surface area (Å²) in [5.74, 6) is 0.294. The first kappa shape index (κ1) is 27.6. The Balaban J connectivity index is 1.26. The molecule has 218 valence electrons. The second kappa shape index (κ2) is 12.1. The molecular weight excluding hydrogens is 534 g/mol. The van der Waals surface area contributed by atoms with Gasteiger partial charge in [-0.1, -0.05) is 0 Å². The maximum atomic E-state index is 13.6. The van der Waals surface area contributed by atoms with E-state index in [2.05, 4.69) is 20.6 Å². The van der Waals surface area contributed by atoms with Crippen LogP contribution in [-0.4, -0.2) is 81.8 Å². The Morgan fingerprint density at radius 3 is 2.76 bits per heavy atom. The minimum absolute atomic E-state index is 0.0238. The van der Waals surface area contributed by atoms with Crippen LogP contribution in [0.15, 0.2) is 53.8 Å². The Labute approximate surface area is 244 Å². The number of guanidine groups is 1. The lowest BCUT2D eigenvalue weighted by atomic mass is 10.1. The molecule has 11 nitrogen and oxygen atoms in total. The van der Waals surface area contributed by atoms with Crippen LogP contribution in [0.3, 0.4) is 0 Å². The zero-order valence-electron chi connectivity index (χ0n) is 23.7. The second-order valence-corrected chi connectivity index (χ2v) is 11.1. The molecule has 2 atom stereocenters. The number of amides is 3. The Bertz CT molecular complexity index is 1530. The average molecular weight is 570 g/mol. The van der Waals surface area contributed by atoms with E-state index in [4.69, 9.17) is 9.73 Å². The molecule has 0 radical (unpaired) electrons. The molecule has 2 saturated heterocycles. The highest BCUT2D eigenvalue weighted by Gasteiger charge is 2.31. The number of anilines is 1. The fourth-order valence-corrected chi connectivity index (χ4v) is 5.74. The summed E-state index contributed by atoms with van der Waals surface area (Å²) >= 11 is 0. The maximum Gasteiger partial charge on any atom is 0.276 e. The fraction of sp³-hybridized carbons (Fsp3) is 0.419. The Morgan fingerprint density at radius 2 is 1.90 bits per heavy atom. The summed E-state index contributed by atoms with van der Waals surface area (Å²) in [6.07, 6.45) is 8.27. The number of hydrogen-bond acceptors (Lipinski definition) is 7. The number of fused-ring (bicyclic) bond motifs is 2. The van der Waals surface area contributed by atoms with Crippen molar-refractivity contribution in [3.63, 3.8) is 0 Å². The number of ether oxygens (including phenoxy) is 1. The summed E-state index contributed by atoms with van der Waals surface area (Å²) in [5, 5.41) is 6.91. The van der Waals surface area contributed by atoms with Crippen molar-refractivity contribution in [2.75, 3.05) is 31.5 Å². The van der Waals surface area contributed by atoms with Crippen molar-refractivity contribution in [2.45, 2.75) is 57.6 Å². The van der Waals surface area contributed by atoms with Crippen LogP contribution in [0.25, 0.3) is 10.9 Å². The number of rotatable bonds is 5. The molecule has 42 heavy (non-hydrogen) atoms.